The molecule has 0 atom stereocenters. The van der Waals surface area contributed by atoms with Gasteiger partial charge in [-0.25, -0.2) is 10.6 Å². The maximum Gasteiger partial charge on any atom is 0.353 e. The van der Waals surface area contributed by atoms with E-state index in [-0.39, 0.29) is 11.4 Å². The molecule has 0 aliphatic heterocycles. The Morgan fingerprint density at radius 2 is 1.88 bits per heavy atom. The number of allylic oxidation sites excluding steroid dienone is 1. The number of aliphatic carboxylic acids is 1. The van der Waals surface area contributed by atoms with E-state index in [1.165, 1.54) is 11.9 Å². The van der Waals surface area contributed by atoms with Crippen molar-refractivity contribution in [3.8, 4) is 5.75 Å². The summed E-state index contributed by atoms with van der Waals surface area (Å²) >= 11 is 0. The number of nitrogens with zero attached hydrogens (tertiary/aromatic N) is 1. The van der Waals surface area contributed by atoms with Gasteiger partial charge in [-0.3, -0.25) is 5.01 Å². The number of methoxy groups -OCH3 is 1. The van der Waals surface area contributed by atoms with Crippen LogP contribution in [0.15, 0.2) is 35.7 Å². The molecule has 0 unspecified atom stereocenters. The molecule has 0 heterocycles. The van der Waals surface area contributed by atoms with Gasteiger partial charge in [0.05, 0.1) is 18.5 Å². The largest absolute Gasteiger partial charge is 0.497 e. The van der Waals surface area contributed by atoms with Gasteiger partial charge in [-0.15, -0.1) is 0 Å². The quantitative estimate of drug-likeness (QED) is 0.403. The standard InChI is InChI=1S/C11H15N3O3/c1-7(10(12)11(15)16)14(13)8-3-5-9(17-2)6-4-8/h3-6H,12-13H2,1-2H3,(H,15,16)/b10-7-. The Labute approximate surface area is 99.0 Å². The lowest BCUT2D eigenvalue weighted by Crippen LogP contribution is -2.32. The van der Waals surface area contributed by atoms with Crippen LogP contribution in [-0.4, -0.2) is 18.2 Å². The van der Waals surface area contributed by atoms with Crippen molar-refractivity contribution in [1.82, 2.24) is 0 Å². The molecule has 0 bridgehead atoms. The van der Waals surface area contributed by atoms with Crippen molar-refractivity contribution in [1.29, 1.82) is 0 Å². The molecule has 5 N–H and O–H groups in total. The Morgan fingerprint density at radius 1 is 1.35 bits per heavy atom. The van der Waals surface area contributed by atoms with Crippen molar-refractivity contribution in [2.24, 2.45) is 11.6 Å². The van der Waals surface area contributed by atoms with Gasteiger partial charge in [0, 0.05) is 0 Å². The average Bonchev–Trinajstić information content (AvgIpc) is 2.36. The second-order valence-electron chi connectivity index (χ2n) is 3.37. The minimum Gasteiger partial charge on any atom is -0.497 e. The van der Waals surface area contributed by atoms with Crippen LogP contribution < -0.4 is 21.3 Å². The number of anilines is 1. The summed E-state index contributed by atoms with van der Waals surface area (Å²) in [6, 6.07) is 6.85. The average molecular weight is 237 g/mol. The lowest BCUT2D eigenvalue weighted by Gasteiger charge is -2.20. The number of rotatable bonds is 4. The molecule has 1 aromatic carbocycles. The van der Waals surface area contributed by atoms with E-state index in [0.29, 0.717) is 11.4 Å². The molecule has 1 rings (SSSR count). The first-order chi connectivity index (χ1) is 7.97. The number of hydrogen-bond acceptors (Lipinski definition) is 5. The van der Waals surface area contributed by atoms with Crippen LogP contribution in [0.2, 0.25) is 0 Å². The number of ether oxygens (including phenoxy) is 1. The number of carboxylic acids is 1. The molecule has 0 radical (unpaired) electrons. The highest BCUT2D eigenvalue weighted by Gasteiger charge is 2.12. The summed E-state index contributed by atoms with van der Waals surface area (Å²) in [5.41, 5.74) is 5.98. The molecular formula is C11H15N3O3. The van der Waals surface area contributed by atoms with Crippen LogP contribution in [0, 0.1) is 0 Å². The number of hydrogen-bond donors (Lipinski definition) is 3. The van der Waals surface area contributed by atoms with Crippen LogP contribution in [0.1, 0.15) is 6.92 Å². The number of carbonyl (C=O) groups is 1. The van der Waals surface area contributed by atoms with Crippen LogP contribution in [-0.2, 0) is 4.79 Å². The van der Waals surface area contributed by atoms with Crippen molar-refractivity contribution >= 4 is 11.7 Å². The first kappa shape index (κ1) is 12.9. The van der Waals surface area contributed by atoms with Gasteiger partial charge in [-0.1, -0.05) is 0 Å². The van der Waals surface area contributed by atoms with Crippen LogP contribution in [0.4, 0.5) is 5.69 Å². The van der Waals surface area contributed by atoms with Gasteiger partial charge < -0.3 is 15.6 Å². The lowest BCUT2D eigenvalue weighted by atomic mass is 10.2. The molecule has 0 saturated carbocycles. The van der Waals surface area contributed by atoms with E-state index in [4.69, 9.17) is 21.4 Å². The molecule has 0 aromatic heterocycles. The zero-order valence-corrected chi connectivity index (χ0v) is 9.68. The summed E-state index contributed by atoms with van der Waals surface area (Å²) in [6.45, 7) is 1.54. The van der Waals surface area contributed by atoms with Gasteiger partial charge in [-0.2, -0.15) is 0 Å². The Balaban J connectivity index is 3.00. The summed E-state index contributed by atoms with van der Waals surface area (Å²) in [5.74, 6) is 5.25. The highest BCUT2D eigenvalue weighted by Crippen LogP contribution is 2.20. The molecule has 92 valence electrons. The third kappa shape index (κ3) is 2.88. The molecule has 0 aliphatic rings. The molecule has 0 aliphatic carbocycles. The first-order valence-corrected chi connectivity index (χ1v) is 4.86. The Morgan fingerprint density at radius 3 is 2.29 bits per heavy atom. The van der Waals surface area contributed by atoms with E-state index >= 15 is 0 Å². The van der Waals surface area contributed by atoms with Gasteiger partial charge in [0.2, 0.25) is 0 Å². The summed E-state index contributed by atoms with van der Waals surface area (Å²) in [4.78, 5) is 10.7. The maximum atomic E-state index is 10.7. The second kappa shape index (κ2) is 5.22. The van der Waals surface area contributed by atoms with Crippen molar-refractivity contribution in [2.75, 3.05) is 12.1 Å². The fraction of sp³-hybridized carbons (Fsp3) is 0.182. The van der Waals surface area contributed by atoms with Gasteiger partial charge in [0.1, 0.15) is 11.4 Å². The van der Waals surface area contributed by atoms with Gasteiger partial charge >= 0.3 is 5.97 Å². The smallest absolute Gasteiger partial charge is 0.353 e. The third-order valence-corrected chi connectivity index (χ3v) is 2.33. The van der Waals surface area contributed by atoms with Crippen molar-refractivity contribution in [3.63, 3.8) is 0 Å². The molecule has 0 fully saturated rings. The summed E-state index contributed by atoms with van der Waals surface area (Å²) < 4.78 is 5.00. The molecule has 1 aromatic rings. The number of benzene rings is 1. The predicted octanol–water partition coefficient (Wildman–Crippen LogP) is 0.650. The summed E-state index contributed by atoms with van der Waals surface area (Å²) in [6.07, 6.45) is 0. The van der Waals surface area contributed by atoms with E-state index in [9.17, 15) is 4.79 Å². The SMILES string of the molecule is COc1ccc(N(N)/C(C)=C(\N)C(=O)O)cc1. The Hall–Kier alpha value is -2.21. The lowest BCUT2D eigenvalue weighted by molar-refractivity contribution is -0.132. The van der Waals surface area contributed by atoms with E-state index < -0.39 is 5.97 Å². The Bertz CT molecular complexity index is 440. The topological polar surface area (TPSA) is 102 Å². The number of nitrogens with two attached hydrogens (primary N) is 2. The Kier molecular flexibility index (Phi) is 3.95. The highest BCUT2D eigenvalue weighted by molar-refractivity contribution is 5.87. The van der Waals surface area contributed by atoms with Gasteiger partial charge in [0.25, 0.3) is 0 Å². The van der Waals surface area contributed by atoms with Crippen molar-refractivity contribution in [3.05, 3.63) is 35.7 Å². The molecule has 0 spiro atoms. The van der Waals surface area contributed by atoms with E-state index in [1.807, 2.05) is 0 Å². The van der Waals surface area contributed by atoms with Crippen LogP contribution >= 0.6 is 0 Å². The molecule has 6 nitrogen and oxygen atoms in total. The predicted molar refractivity (Wildman–Crippen MR) is 64.2 cm³/mol. The van der Waals surface area contributed by atoms with E-state index in [1.54, 1.807) is 31.4 Å². The number of carboxylic acid groups (broad SMARTS) is 1. The van der Waals surface area contributed by atoms with E-state index in [2.05, 4.69) is 0 Å². The van der Waals surface area contributed by atoms with Crippen LogP contribution in [0.5, 0.6) is 5.75 Å². The fourth-order valence-corrected chi connectivity index (χ4v) is 1.22. The van der Waals surface area contributed by atoms with Crippen molar-refractivity contribution in [2.45, 2.75) is 6.92 Å². The fourth-order valence-electron chi connectivity index (χ4n) is 1.22. The van der Waals surface area contributed by atoms with Gasteiger partial charge in [-0.05, 0) is 31.2 Å². The minimum absolute atomic E-state index is 0.266. The zero-order chi connectivity index (χ0) is 13.0. The summed E-state index contributed by atoms with van der Waals surface area (Å²) in [5, 5.41) is 9.96. The van der Waals surface area contributed by atoms with E-state index in [0.717, 1.165) is 0 Å². The van der Waals surface area contributed by atoms with Crippen LogP contribution in [0.25, 0.3) is 0 Å². The maximum absolute atomic E-state index is 10.7. The first-order valence-electron chi connectivity index (χ1n) is 4.86. The van der Waals surface area contributed by atoms with Gasteiger partial charge in [0.15, 0.2) is 0 Å². The molecule has 0 saturated heterocycles. The molecule has 6 heteroatoms. The highest BCUT2D eigenvalue weighted by atomic mass is 16.5. The van der Waals surface area contributed by atoms with Crippen LogP contribution in [0.3, 0.4) is 0 Å². The monoisotopic (exact) mass is 237 g/mol. The number of hydrazine groups is 1. The normalized spacial score (nSPS) is 11.7. The molecule has 0 amide bonds. The minimum atomic E-state index is -1.20. The second-order valence-corrected chi connectivity index (χ2v) is 3.37. The van der Waals surface area contributed by atoms with Crippen molar-refractivity contribution < 1.29 is 14.6 Å². The zero-order valence-electron chi connectivity index (χ0n) is 9.68. The summed E-state index contributed by atoms with van der Waals surface area (Å²) in [7, 11) is 1.56. The molecular weight excluding hydrogens is 222 g/mol. The third-order valence-electron chi connectivity index (χ3n) is 2.33. The molecule has 17 heavy (non-hydrogen) atoms.